The highest BCUT2D eigenvalue weighted by atomic mass is 16.8. The second-order valence-electron chi connectivity index (χ2n) is 7.54. The molecule has 2 aromatic heterocycles. The van der Waals surface area contributed by atoms with Crippen molar-refractivity contribution in [3.63, 3.8) is 0 Å². The number of nitrogens with zero attached hydrogens (tertiary/aromatic N) is 1. The molecule has 0 bridgehead atoms. The van der Waals surface area contributed by atoms with Gasteiger partial charge in [0, 0.05) is 41.6 Å². The number of hydrogen-bond acceptors (Lipinski definition) is 6. The third kappa shape index (κ3) is 3.93. The van der Waals surface area contributed by atoms with Crippen LogP contribution in [0.25, 0.3) is 27.5 Å². The van der Waals surface area contributed by atoms with Crippen LogP contribution in [-0.4, -0.2) is 30.0 Å². The summed E-state index contributed by atoms with van der Waals surface area (Å²) in [5, 5.41) is 2.11. The molecule has 4 aromatic rings. The summed E-state index contributed by atoms with van der Waals surface area (Å²) < 4.78 is 17.2. The first-order valence-electron chi connectivity index (χ1n) is 10.6. The Balaban J connectivity index is 1.56. The summed E-state index contributed by atoms with van der Waals surface area (Å²) in [6.07, 6.45) is 3.29. The molecule has 0 fully saturated rings. The molecule has 32 heavy (non-hydrogen) atoms. The summed E-state index contributed by atoms with van der Waals surface area (Å²) >= 11 is 0. The van der Waals surface area contributed by atoms with Gasteiger partial charge in [-0.2, -0.15) is 0 Å². The molecule has 0 aliphatic carbocycles. The van der Waals surface area contributed by atoms with E-state index in [0.29, 0.717) is 19.8 Å². The fourth-order valence-electron chi connectivity index (χ4n) is 3.99. The summed E-state index contributed by atoms with van der Waals surface area (Å²) in [4.78, 5) is 13.6. The molecule has 1 unspecified atom stereocenters. The van der Waals surface area contributed by atoms with Crippen molar-refractivity contribution in [3.05, 3.63) is 77.6 Å². The molecule has 0 saturated heterocycles. The zero-order valence-corrected chi connectivity index (χ0v) is 18.1. The second-order valence-corrected chi connectivity index (χ2v) is 7.54. The molecule has 2 N–H and O–H groups in total. The molecule has 3 heterocycles. The van der Waals surface area contributed by atoms with E-state index >= 15 is 0 Å². The van der Waals surface area contributed by atoms with Gasteiger partial charge in [-0.1, -0.05) is 30.3 Å². The Morgan fingerprint density at radius 3 is 2.75 bits per heavy atom. The average Bonchev–Trinajstić information content (AvgIpc) is 3.43. The van der Waals surface area contributed by atoms with Gasteiger partial charge in [0.25, 0.3) is 0 Å². The van der Waals surface area contributed by atoms with Crippen molar-refractivity contribution in [1.82, 2.24) is 15.4 Å². The Morgan fingerprint density at radius 2 is 1.94 bits per heavy atom. The first-order chi connectivity index (χ1) is 15.8. The zero-order valence-electron chi connectivity index (χ0n) is 18.1. The summed E-state index contributed by atoms with van der Waals surface area (Å²) in [5.41, 5.74) is 8.54. The van der Waals surface area contributed by atoms with Gasteiger partial charge in [0.2, 0.25) is 6.29 Å². The number of hydrogen-bond donors (Lipinski definition) is 2. The van der Waals surface area contributed by atoms with Crippen LogP contribution < -0.4 is 10.2 Å². The van der Waals surface area contributed by atoms with E-state index in [9.17, 15) is 0 Å². The monoisotopic (exact) mass is 431 g/mol. The van der Waals surface area contributed by atoms with Crippen LogP contribution >= 0.6 is 0 Å². The molecular weight excluding hydrogens is 406 g/mol. The maximum absolute atomic E-state index is 6.07. The van der Waals surface area contributed by atoms with E-state index in [1.165, 1.54) is 0 Å². The Bertz CT molecular complexity index is 1270. The maximum Gasteiger partial charge on any atom is 0.205 e. The number of methoxy groups -OCH3 is 1. The highest BCUT2D eigenvalue weighted by molar-refractivity contribution is 6.10. The lowest BCUT2D eigenvalue weighted by atomic mass is 10.0. The van der Waals surface area contributed by atoms with Crippen LogP contribution in [0.1, 0.15) is 23.7 Å². The van der Waals surface area contributed by atoms with Crippen molar-refractivity contribution in [1.29, 1.82) is 0 Å². The van der Waals surface area contributed by atoms with Crippen LogP contribution in [0, 0.1) is 0 Å². The van der Waals surface area contributed by atoms with Crippen molar-refractivity contribution in [2.45, 2.75) is 26.4 Å². The molecule has 7 heteroatoms. The van der Waals surface area contributed by atoms with Gasteiger partial charge in [-0.3, -0.25) is 10.5 Å². The second kappa shape index (κ2) is 9.00. The minimum atomic E-state index is -0.441. The summed E-state index contributed by atoms with van der Waals surface area (Å²) in [7, 11) is 1.68. The van der Waals surface area contributed by atoms with Gasteiger partial charge in [-0.25, -0.2) is 4.84 Å². The van der Waals surface area contributed by atoms with E-state index in [4.69, 9.17) is 19.0 Å². The van der Waals surface area contributed by atoms with E-state index in [1.54, 1.807) is 7.11 Å². The van der Waals surface area contributed by atoms with Gasteiger partial charge in [0.15, 0.2) is 0 Å². The maximum atomic E-state index is 6.07. The first-order valence-corrected chi connectivity index (χ1v) is 10.6. The van der Waals surface area contributed by atoms with E-state index in [0.717, 1.165) is 50.1 Å². The summed E-state index contributed by atoms with van der Waals surface area (Å²) in [6.45, 7) is 3.40. The standard InChI is InChI=1S/C25H25N3O4/c1-3-30-23-12-21(28-32-23)25-19(15-29-2)24-18-11-17(31-14-16-7-5-4-6-8-16)9-10-20(18)27-22(24)13-26-25/h4-13,23,27-28H,3,14-15H2,1-2H3. The molecule has 2 aromatic carbocycles. The van der Waals surface area contributed by atoms with Crippen molar-refractivity contribution >= 4 is 27.5 Å². The number of aromatic nitrogens is 2. The van der Waals surface area contributed by atoms with Crippen molar-refractivity contribution in [2.75, 3.05) is 13.7 Å². The lowest BCUT2D eigenvalue weighted by Crippen LogP contribution is -2.15. The van der Waals surface area contributed by atoms with Crippen LogP contribution in [-0.2, 0) is 27.5 Å². The lowest BCUT2D eigenvalue weighted by Gasteiger charge is -2.11. The molecule has 1 aliphatic rings. The van der Waals surface area contributed by atoms with Crippen LogP contribution in [0.15, 0.2) is 60.8 Å². The molecule has 0 spiro atoms. The lowest BCUT2D eigenvalue weighted by molar-refractivity contribution is -0.121. The molecule has 164 valence electrons. The summed E-state index contributed by atoms with van der Waals surface area (Å²) in [6, 6.07) is 16.2. The van der Waals surface area contributed by atoms with Gasteiger partial charge in [0.05, 0.1) is 29.7 Å². The SMILES string of the molecule is CCOC1C=C(c2ncc3[nH]c4ccc(OCc5ccccc5)cc4c3c2COC)NO1. The number of fused-ring (bicyclic) bond motifs is 3. The first kappa shape index (κ1) is 20.5. The number of pyridine rings is 1. The number of nitrogens with one attached hydrogen (secondary N) is 2. The van der Waals surface area contributed by atoms with Crippen molar-refractivity contribution in [3.8, 4) is 5.75 Å². The topological polar surface area (TPSA) is 77.6 Å². The van der Waals surface area contributed by atoms with E-state index in [1.807, 2.05) is 49.5 Å². The Morgan fingerprint density at radius 1 is 1.06 bits per heavy atom. The molecule has 0 radical (unpaired) electrons. The van der Waals surface area contributed by atoms with Gasteiger partial charge >= 0.3 is 0 Å². The number of ether oxygens (including phenoxy) is 3. The number of hydroxylamine groups is 1. The minimum absolute atomic E-state index is 0.403. The van der Waals surface area contributed by atoms with Crippen molar-refractivity contribution < 1.29 is 19.0 Å². The van der Waals surface area contributed by atoms with Crippen LogP contribution in [0.4, 0.5) is 0 Å². The van der Waals surface area contributed by atoms with Crippen LogP contribution in [0.3, 0.4) is 0 Å². The number of benzene rings is 2. The minimum Gasteiger partial charge on any atom is -0.489 e. The smallest absolute Gasteiger partial charge is 0.205 e. The number of rotatable bonds is 8. The third-order valence-electron chi connectivity index (χ3n) is 5.42. The Labute approximate surface area is 185 Å². The van der Waals surface area contributed by atoms with Crippen molar-refractivity contribution in [2.24, 2.45) is 0 Å². The average molecular weight is 431 g/mol. The van der Waals surface area contributed by atoms with Crippen LogP contribution in [0.2, 0.25) is 0 Å². The fourth-order valence-corrected chi connectivity index (χ4v) is 3.99. The van der Waals surface area contributed by atoms with Gasteiger partial charge in [-0.15, -0.1) is 0 Å². The molecule has 5 rings (SSSR count). The fraction of sp³-hybridized carbons (Fsp3) is 0.240. The van der Waals surface area contributed by atoms with Gasteiger partial charge in [0.1, 0.15) is 12.4 Å². The van der Waals surface area contributed by atoms with E-state index in [2.05, 4.69) is 33.6 Å². The highest BCUT2D eigenvalue weighted by Gasteiger charge is 2.23. The predicted molar refractivity (Wildman–Crippen MR) is 123 cm³/mol. The van der Waals surface area contributed by atoms with Crippen LogP contribution in [0.5, 0.6) is 5.75 Å². The normalized spacial score (nSPS) is 15.8. The van der Waals surface area contributed by atoms with Gasteiger partial charge < -0.3 is 19.2 Å². The molecule has 1 atom stereocenters. The molecule has 0 amide bonds. The predicted octanol–water partition coefficient (Wildman–Crippen LogP) is 4.68. The van der Waals surface area contributed by atoms with Gasteiger partial charge in [-0.05, 0) is 30.7 Å². The Kier molecular flexibility index (Phi) is 5.77. The third-order valence-corrected chi connectivity index (χ3v) is 5.42. The molecule has 0 saturated carbocycles. The van der Waals surface area contributed by atoms with E-state index in [-0.39, 0.29) is 0 Å². The number of aromatic amines is 1. The number of H-pyrrole nitrogens is 1. The molecule has 1 aliphatic heterocycles. The highest BCUT2D eigenvalue weighted by Crippen LogP contribution is 2.34. The quantitative estimate of drug-likeness (QED) is 0.422. The zero-order chi connectivity index (χ0) is 21.9. The molecule has 7 nitrogen and oxygen atoms in total. The Hall–Kier alpha value is -3.39. The molecular formula is C25H25N3O4. The van der Waals surface area contributed by atoms with E-state index < -0.39 is 6.29 Å². The summed E-state index contributed by atoms with van der Waals surface area (Å²) in [5.74, 6) is 0.807. The largest absolute Gasteiger partial charge is 0.489 e.